The van der Waals surface area contributed by atoms with E-state index < -0.39 is 0 Å². The van der Waals surface area contributed by atoms with E-state index in [0.717, 1.165) is 35.5 Å². The van der Waals surface area contributed by atoms with Gasteiger partial charge in [0, 0.05) is 19.2 Å². The lowest BCUT2D eigenvalue weighted by Gasteiger charge is -2.22. The molecule has 1 heterocycles. The van der Waals surface area contributed by atoms with Gasteiger partial charge in [0.15, 0.2) is 11.5 Å². The molecule has 0 radical (unpaired) electrons. The number of aryl methyl sites for hydroxylation is 2. The van der Waals surface area contributed by atoms with Gasteiger partial charge in [-0.3, -0.25) is 4.79 Å². The van der Waals surface area contributed by atoms with Gasteiger partial charge in [-0.2, -0.15) is 0 Å². The number of carbonyl (C=O) groups is 1. The van der Waals surface area contributed by atoms with Crippen LogP contribution in [0.2, 0.25) is 0 Å². The second-order valence-corrected chi connectivity index (χ2v) is 6.83. The van der Waals surface area contributed by atoms with Crippen LogP contribution in [0.1, 0.15) is 39.9 Å². The SMILES string of the molecule is CN(Cc1ccc2c(c1)OCCO2)C(=O)c1ccc2c(c1)CCCC2. The standard InChI is InChI=1S/C21H23NO3/c1-22(14-15-6-9-19-20(12-15)25-11-10-24-19)21(23)18-8-7-16-4-2-3-5-17(16)13-18/h6-9,12-13H,2-5,10-11,14H2,1H3. The summed E-state index contributed by atoms with van der Waals surface area (Å²) in [5, 5.41) is 0. The molecular weight excluding hydrogens is 314 g/mol. The molecule has 2 aliphatic rings. The zero-order chi connectivity index (χ0) is 17.2. The van der Waals surface area contributed by atoms with E-state index in [1.165, 1.54) is 24.0 Å². The van der Waals surface area contributed by atoms with E-state index >= 15 is 0 Å². The molecule has 0 N–H and O–H groups in total. The van der Waals surface area contributed by atoms with Gasteiger partial charge in [0.05, 0.1) is 0 Å². The summed E-state index contributed by atoms with van der Waals surface area (Å²) in [5.74, 6) is 1.60. The Bertz CT molecular complexity index is 800. The van der Waals surface area contributed by atoms with Crippen LogP contribution < -0.4 is 9.47 Å². The van der Waals surface area contributed by atoms with Crippen LogP contribution in [-0.2, 0) is 19.4 Å². The van der Waals surface area contributed by atoms with Gasteiger partial charge in [0.25, 0.3) is 5.91 Å². The maximum atomic E-state index is 12.8. The first-order chi connectivity index (χ1) is 12.2. The summed E-state index contributed by atoms with van der Waals surface area (Å²) in [6.45, 7) is 1.70. The van der Waals surface area contributed by atoms with Gasteiger partial charge >= 0.3 is 0 Å². The van der Waals surface area contributed by atoms with Crippen molar-refractivity contribution in [2.45, 2.75) is 32.2 Å². The average molecular weight is 337 g/mol. The topological polar surface area (TPSA) is 38.8 Å². The number of benzene rings is 2. The van der Waals surface area contributed by atoms with Gasteiger partial charge < -0.3 is 14.4 Å². The van der Waals surface area contributed by atoms with Gasteiger partial charge in [-0.05, 0) is 66.6 Å². The van der Waals surface area contributed by atoms with Crippen molar-refractivity contribution in [3.05, 3.63) is 58.7 Å². The third-order valence-corrected chi connectivity index (χ3v) is 4.97. The number of hydrogen-bond donors (Lipinski definition) is 0. The largest absolute Gasteiger partial charge is 0.486 e. The number of nitrogens with zero attached hydrogens (tertiary/aromatic N) is 1. The molecule has 130 valence electrons. The Kier molecular flexibility index (Phi) is 4.35. The van der Waals surface area contributed by atoms with Crippen LogP contribution in [0.15, 0.2) is 36.4 Å². The molecule has 2 aromatic rings. The van der Waals surface area contributed by atoms with Crippen molar-refractivity contribution >= 4 is 5.91 Å². The summed E-state index contributed by atoms with van der Waals surface area (Å²) in [5.41, 5.74) is 4.56. The van der Waals surface area contributed by atoms with E-state index in [4.69, 9.17) is 9.47 Å². The molecule has 0 spiro atoms. The van der Waals surface area contributed by atoms with Crippen molar-refractivity contribution in [2.75, 3.05) is 20.3 Å². The van der Waals surface area contributed by atoms with Crippen molar-refractivity contribution in [2.24, 2.45) is 0 Å². The summed E-state index contributed by atoms with van der Waals surface area (Å²) < 4.78 is 11.2. The number of fused-ring (bicyclic) bond motifs is 2. The van der Waals surface area contributed by atoms with Crippen molar-refractivity contribution in [3.8, 4) is 11.5 Å². The van der Waals surface area contributed by atoms with E-state index in [-0.39, 0.29) is 5.91 Å². The fraction of sp³-hybridized carbons (Fsp3) is 0.381. The molecule has 4 rings (SSSR count). The Balaban J connectivity index is 1.49. The lowest BCUT2D eigenvalue weighted by atomic mass is 9.90. The van der Waals surface area contributed by atoms with E-state index in [9.17, 15) is 4.79 Å². The first kappa shape index (κ1) is 16.0. The number of hydrogen-bond acceptors (Lipinski definition) is 3. The highest BCUT2D eigenvalue weighted by atomic mass is 16.6. The molecule has 1 amide bonds. The Morgan fingerprint density at radius 3 is 2.56 bits per heavy atom. The monoisotopic (exact) mass is 337 g/mol. The summed E-state index contributed by atoms with van der Waals surface area (Å²) in [7, 11) is 1.85. The second-order valence-electron chi connectivity index (χ2n) is 6.83. The molecule has 1 aliphatic carbocycles. The minimum Gasteiger partial charge on any atom is -0.486 e. The maximum absolute atomic E-state index is 12.8. The zero-order valence-corrected chi connectivity index (χ0v) is 14.6. The van der Waals surface area contributed by atoms with Crippen LogP contribution in [0.5, 0.6) is 11.5 Å². The van der Waals surface area contributed by atoms with Gasteiger partial charge in [0.1, 0.15) is 13.2 Å². The smallest absolute Gasteiger partial charge is 0.253 e. The number of rotatable bonds is 3. The van der Waals surface area contributed by atoms with Crippen LogP contribution >= 0.6 is 0 Å². The Morgan fingerprint density at radius 2 is 1.72 bits per heavy atom. The summed E-state index contributed by atoms with van der Waals surface area (Å²) in [4.78, 5) is 14.6. The predicted octanol–water partition coefficient (Wildman–Crippen LogP) is 3.61. The number of ether oxygens (including phenoxy) is 2. The highest BCUT2D eigenvalue weighted by Gasteiger charge is 2.17. The highest BCUT2D eigenvalue weighted by Crippen LogP contribution is 2.31. The molecule has 0 saturated heterocycles. The van der Waals surface area contributed by atoms with Gasteiger partial charge in [-0.1, -0.05) is 12.1 Å². The molecule has 25 heavy (non-hydrogen) atoms. The van der Waals surface area contributed by atoms with E-state index in [1.54, 1.807) is 4.90 Å². The highest BCUT2D eigenvalue weighted by molar-refractivity contribution is 5.94. The molecule has 4 nitrogen and oxygen atoms in total. The first-order valence-electron chi connectivity index (χ1n) is 8.96. The lowest BCUT2D eigenvalue weighted by molar-refractivity contribution is 0.0784. The number of carbonyl (C=O) groups excluding carboxylic acids is 1. The lowest BCUT2D eigenvalue weighted by Crippen LogP contribution is -2.26. The van der Waals surface area contributed by atoms with Crippen molar-refractivity contribution in [1.82, 2.24) is 4.90 Å². The summed E-state index contributed by atoms with van der Waals surface area (Å²) in [6.07, 6.45) is 4.70. The van der Waals surface area contributed by atoms with Crippen molar-refractivity contribution in [1.29, 1.82) is 0 Å². The maximum Gasteiger partial charge on any atom is 0.253 e. The van der Waals surface area contributed by atoms with Gasteiger partial charge in [-0.15, -0.1) is 0 Å². The normalized spacial score (nSPS) is 15.4. The Hall–Kier alpha value is -2.49. The van der Waals surface area contributed by atoms with Crippen LogP contribution in [0, 0.1) is 0 Å². The third kappa shape index (κ3) is 3.34. The van der Waals surface area contributed by atoms with Crippen LogP contribution in [0.4, 0.5) is 0 Å². The molecule has 0 aromatic heterocycles. The molecule has 4 heteroatoms. The summed E-state index contributed by atoms with van der Waals surface area (Å²) >= 11 is 0. The molecule has 0 atom stereocenters. The first-order valence-corrected chi connectivity index (χ1v) is 8.96. The van der Waals surface area contributed by atoms with Gasteiger partial charge in [-0.25, -0.2) is 0 Å². The second kappa shape index (κ2) is 6.79. The molecule has 1 aliphatic heterocycles. The fourth-order valence-electron chi connectivity index (χ4n) is 3.62. The molecule has 0 fully saturated rings. The van der Waals surface area contributed by atoms with Crippen molar-refractivity contribution in [3.63, 3.8) is 0 Å². The average Bonchev–Trinajstić information content (AvgIpc) is 2.67. The predicted molar refractivity (Wildman–Crippen MR) is 96.3 cm³/mol. The van der Waals surface area contributed by atoms with Crippen LogP contribution in [0.25, 0.3) is 0 Å². The molecule has 0 bridgehead atoms. The molecule has 0 unspecified atom stereocenters. The van der Waals surface area contributed by atoms with Gasteiger partial charge in [0.2, 0.25) is 0 Å². The zero-order valence-electron chi connectivity index (χ0n) is 14.6. The molecular formula is C21H23NO3. The molecule has 2 aromatic carbocycles. The van der Waals surface area contributed by atoms with Crippen LogP contribution in [0.3, 0.4) is 0 Å². The van der Waals surface area contributed by atoms with E-state index in [2.05, 4.69) is 12.1 Å². The quantitative estimate of drug-likeness (QED) is 0.859. The van der Waals surface area contributed by atoms with Crippen LogP contribution in [-0.4, -0.2) is 31.1 Å². The Labute approximate surface area is 148 Å². The van der Waals surface area contributed by atoms with Crippen molar-refractivity contribution < 1.29 is 14.3 Å². The molecule has 0 saturated carbocycles. The minimum atomic E-state index is 0.0586. The van der Waals surface area contributed by atoms with E-state index in [0.29, 0.717) is 19.8 Å². The Morgan fingerprint density at radius 1 is 0.960 bits per heavy atom. The summed E-state index contributed by atoms with van der Waals surface area (Å²) in [6, 6.07) is 12.0. The number of amides is 1. The van der Waals surface area contributed by atoms with E-state index in [1.807, 2.05) is 31.3 Å². The third-order valence-electron chi connectivity index (χ3n) is 4.97. The minimum absolute atomic E-state index is 0.0586. The fourth-order valence-corrected chi connectivity index (χ4v) is 3.62.